The summed E-state index contributed by atoms with van der Waals surface area (Å²) in [6.45, 7) is -0.200. The Kier molecular flexibility index (Phi) is 3.93. The number of nitrogens with one attached hydrogen (secondary N) is 1. The van der Waals surface area contributed by atoms with Crippen molar-refractivity contribution >= 4 is 5.91 Å². The molecule has 0 aliphatic carbocycles. The first-order valence-electron chi connectivity index (χ1n) is 5.75. The van der Waals surface area contributed by atoms with Crippen molar-refractivity contribution in [2.45, 2.75) is 6.18 Å². The maximum atomic E-state index is 13.2. The van der Waals surface area contributed by atoms with Crippen LogP contribution in [0.5, 0.6) is 0 Å². The van der Waals surface area contributed by atoms with Gasteiger partial charge in [0.15, 0.2) is 11.4 Å². The minimum absolute atomic E-state index is 0.147. The molecule has 5 nitrogen and oxygen atoms in total. The SMILES string of the molecule is C#CCNC(=O)c1nnn(-c2ccccc2)c1C(F)(F)F. The highest BCUT2D eigenvalue weighted by molar-refractivity contribution is 5.93. The Morgan fingerprint density at radius 3 is 2.57 bits per heavy atom. The van der Waals surface area contributed by atoms with E-state index in [-0.39, 0.29) is 12.2 Å². The van der Waals surface area contributed by atoms with Crippen molar-refractivity contribution in [3.63, 3.8) is 0 Å². The topological polar surface area (TPSA) is 59.8 Å². The van der Waals surface area contributed by atoms with Crippen molar-refractivity contribution in [2.24, 2.45) is 0 Å². The second-order valence-electron chi connectivity index (χ2n) is 3.92. The average molecular weight is 294 g/mol. The summed E-state index contributed by atoms with van der Waals surface area (Å²) >= 11 is 0. The second kappa shape index (κ2) is 5.66. The third-order valence-electron chi connectivity index (χ3n) is 2.51. The van der Waals surface area contributed by atoms with Crippen LogP contribution in [0.25, 0.3) is 5.69 Å². The van der Waals surface area contributed by atoms with Gasteiger partial charge < -0.3 is 5.32 Å². The Morgan fingerprint density at radius 1 is 1.33 bits per heavy atom. The Bertz CT molecular complexity index is 686. The number of benzene rings is 1. The Morgan fingerprint density at radius 2 is 2.00 bits per heavy atom. The quantitative estimate of drug-likeness (QED) is 0.876. The zero-order chi connectivity index (χ0) is 15.5. The van der Waals surface area contributed by atoms with Gasteiger partial charge in [0, 0.05) is 0 Å². The van der Waals surface area contributed by atoms with Crippen molar-refractivity contribution in [3.05, 3.63) is 41.7 Å². The van der Waals surface area contributed by atoms with Crippen LogP contribution >= 0.6 is 0 Å². The zero-order valence-corrected chi connectivity index (χ0v) is 10.6. The molecule has 21 heavy (non-hydrogen) atoms. The molecule has 1 heterocycles. The number of hydrogen-bond donors (Lipinski definition) is 1. The van der Waals surface area contributed by atoms with Gasteiger partial charge in [-0.1, -0.05) is 29.3 Å². The van der Waals surface area contributed by atoms with Crippen molar-refractivity contribution in [1.29, 1.82) is 0 Å². The summed E-state index contributed by atoms with van der Waals surface area (Å²) in [5.74, 6) is 1.07. The average Bonchev–Trinajstić information content (AvgIpc) is 2.90. The van der Waals surface area contributed by atoms with Gasteiger partial charge in [0.2, 0.25) is 0 Å². The van der Waals surface area contributed by atoms with Crippen LogP contribution in [0.15, 0.2) is 30.3 Å². The van der Waals surface area contributed by atoms with Crippen LogP contribution in [0.4, 0.5) is 13.2 Å². The van der Waals surface area contributed by atoms with Crippen LogP contribution < -0.4 is 5.32 Å². The number of amides is 1. The normalized spacial score (nSPS) is 11.0. The molecule has 1 aromatic heterocycles. The standard InChI is InChI=1S/C13H9F3N4O/c1-2-8-17-12(21)10-11(13(14,15)16)20(19-18-10)9-6-4-3-5-7-9/h1,3-7H,8H2,(H,17,21). The lowest BCUT2D eigenvalue weighted by Gasteiger charge is -2.10. The van der Waals surface area contributed by atoms with Crippen molar-refractivity contribution in [3.8, 4) is 18.0 Å². The van der Waals surface area contributed by atoms with Crippen LogP contribution in [0.1, 0.15) is 16.2 Å². The Labute approximate surface area is 117 Å². The summed E-state index contributed by atoms with van der Waals surface area (Å²) in [7, 11) is 0. The predicted octanol–water partition coefficient (Wildman–Crippen LogP) is 1.65. The van der Waals surface area contributed by atoms with E-state index in [0.29, 0.717) is 4.68 Å². The first-order valence-corrected chi connectivity index (χ1v) is 5.75. The lowest BCUT2D eigenvalue weighted by atomic mass is 10.2. The summed E-state index contributed by atoms with van der Waals surface area (Å²) in [5, 5.41) is 8.88. The van der Waals surface area contributed by atoms with E-state index in [1.54, 1.807) is 18.2 Å². The third-order valence-corrected chi connectivity index (χ3v) is 2.51. The largest absolute Gasteiger partial charge is 0.435 e. The number of aromatic nitrogens is 3. The zero-order valence-electron chi connectivity index (χ0n) is 10.6. The van der Waals surface area contributed by atoms with Crippen molar-refractivity contribution < 1.29 is 18.0 Å². The van der Waals surface area contributed by atoms with Gasteiger partial charge in [-0.05, 0) is 12.1 Å². The van der Waals surface area contributed by atoms with Crippen molar-refractivity contribution in [2.75, 3.05) is 6.54 Å². The lowest BCUT2D eigenvalue weighted by molar-refractivity contribution is -0.143. The molecule has 0 aliphatic heterocycles. The van der Waals surface area contributed by atoms with E-state index in [9.17, 15) is 18.0 Å². The molecule has 108 valence electrons. The molecule has 0 atom stereocenters. The molecule has 0 fully saturated rings. The first kappa shape index (κ1) is 14.6. The molecular weight excluding hydrogens is 285 g/mol. The first-order chi connectivity index (χ1) is 9.95. The van der Waals surface area contributed by atoms with E-state index < -0.39 is 23.5 Å². The number of carbonyl (C=O) groups excluding carboxylic acids is 1. The fourth-order valence-electron chi connectivity index (χ4n) is 1.65. The van der Waals surface area contributed by atoms with E-state index in [1.165, 1.54) is 12.1 Å². The van der Waals surface area contributed by atoms with Gasteiger partial charge in [-0.15, -0.1) is 11.5 Å². The van der Waals surface area contributed by atoms with E-state index in [1.807, 2.05) is 0 Å². The minimum Gasteiger partial charge on any atom is -0.340 e. The molecule has 2 aromatic rings. The molecule has 0 saturated heterocycles. The molecule has 0 unspecified atom stereocenters. The maximum absolute atomic E-state index is 13.2. The molecule has 0 spiro atoms. The van der Waals surface area contributed by atoms with Crippen molar-refractivity contribution in [1.82, 2.24) is 20.3 Å². The monoisotopic (exact) mass is 294 g/mol. The summed E-state index contributed by atoms with van der Waals surface area (Å²) in [4.78, 5) is 11.7. The van der Waals surface area contributed by atoms with Gasteiger partial charge in [-0.2, -0.15) is 13.2 Å². The molecule has 1 aromatic carbocycles. The lowest BCUT2D eigenvalue weighted by Crippen LogP contribution is -2.27. The maximum Gasteiger partial charge on any atom is 0.435 e. The molecule has 2 rings (SSSR count). The molecule has 0 saturated carbocycles. The van der Waals surface area contributed by atoms with E-state index in [2.05, 4.69) is 21.5 Å². The van der Waals surface area contributed by atoms with Crippen LogP contribution in [0.2, 0.25) is 0 Å². The molecular formula is C13H9F3N4O. The molecule has 1 N–H and O–H groups in total. The highest BCUT2D eigenvalue weighted by atomic mass is 19.4. The molecule has 0 radical (unpaired) electrons. The fraction of sp³-hybridized carbons (Fsp3) is 0.154. The Balaban J connectivity index is 2.52. The second-order valence-corrected chi connectivity index (χ2v) is 3.92. The van der Waals surface area contributed by atoms with Gasteiger partial charge in [-0.25, -0.2) is 4.68 Å². The highest BCUT2D eigenvalue weighted by Crippen LogP contribution is 2.32. The number of carbonyl (C=O) groups is 1. The summed E-state index contributed by atoms with van der Waals surface area (Å²) < 4.78 is 40.1. The van der Waals surface area contributed by atoms with Crippen LogP contribution in [-0.2, 0) is 6.18 Å². The predicted molar refractivity (Wildman–Crippen MR) is 67.5 cm³/mol. The number of terminal acetylenes is 1. The van der Waals surface area contributed by atoms with E-state index >= 15 is 0 Å². The van der Waals surface area contributed by atoms with E-state index in [0.717, 1.165) is 0 Å². The molecule has 0 aliphatic rings. The Hall–Kier alpha value is -2.82. The molecule has 0 bridgehead atoms. The van der Waals surface area contributed by atoms with Gasteiger partial charge in [0.25, 0.3) is 5.91 Å². The number of rotatable bonds is 3. The number of alkyl halides is 3. The smallest absolute Gasteiger partial charge is 0.340 e. The summed E-state index contributed by atoms with van der Waals surface area (Å²) in [6, 6.07) is 7.60. The fourth-order valence-corrected chi connectivity index (χ4v) is 1.65. The van der Waals surface area contributed by atoms with E-state index in [4.69, 9.17) is 6.42 Å². The van der Waals surface area contributed by atoms with Gasteiger partial charge >= 0.3 is 6.18 Å². The van der Waals surface area contributed by atoms with Crippen LogP contribution in [0.3, 0.4) is 0 Å². The number of para-hydroxylation sites is 1. The number of nitrogens with zero attached hydrogens (tertiary/aromatic N) is 3. The van der Waals surface area contributed by atoms with Crippen LogP contribution in [0, 0.1) is 12.3 Å². The number of hydrogen-bond acceptors (Lipinski definition) is 3. The summed E-state index contributed by atoms with van der Waals surface area (Å²) in [5.41, 5.74) is -1.92. The highest BCUT2D eigenvalue weighted by Gasteiger charge is 2.41. The molecule has 8 heteroatoms. The third kappa shape index (κ3) is 3.02. The minimum atomic E-state index is -4.79. The van der Waals surface area contributed by atoms with Gasteiger partial charge in [0.05, 0.1) is 12.2 Å². The van der Waals surface area contributed by atoms with Gasteiger partial charge in [-0.3, -0.25) is 4.79 Å². The summed E-state index contributed by atoms with van der Waals surface area (Å²) in [6.07, 6.45) is 0.157. The number of halogens is 3. The molecule has 1 amide bonds. The van der Waals surface area contributed by atoms with Gasteiger partial charge in [0.1, 0.15) is 0 Å². The van der Waals surface area contributed by atoms with Crippen LogP contribution in [-0.4, -0.2) is 27.4 Å².